The summed E-state index contributed by atoms with van der Waals surface area (Å²) >= 11 is 0. The van der Waals surface area contributed by atoms with Gasteiger partial charge < -0.3 is 15.8 Å². The van der Waals surface area contributed by atoms with E-state index in [9.17, 15) is 4.79 Å². The van der Waals surface area contributed by atoms with Crippen molar-refractivity contribution in [2.75, 3.05) is 26.0 Å². The van der Waals surface area contributed by atoms with Crippen LogP contribution < -0.4 is 11.1 Å². The SMILES string of the molecule is COCCNC(=O)c1[nH]ncc1N. The first-order valence-corrected chi connectivity index (χ1v) is 3.81. The van der Waals surface area contributed by atoms with Crippen LogP contribution in [0.15, 0.2) is 6.20 Å². The Hall–Kier alpha value is -1.56. The largest absolute Gasteiger partial charge is 0.396 e. The Morgan fingerprint density at radius 2 is 2.62 bits per heavy atom. The van der Waals surface area contributed by atoms with Crippen molar-refractivity contribution >= 4 is 11.6 Å². The first-order chi connectivity index (χ1) is 6.25. The highest BCUT2D eigenvalue weighted by Crippen LogP contribution is 2.04. The first kappa shape index (κ1) is 9.53. The molecule has 0 bridgehead atoms. The van der Waals surface area contributed by atoms with Gasteiger partial charge in [-0.1, -0.05) is 0 Å². The molecule has 0 aliphatic rings. The average molecular weight is 184 g/mol. The molecule has 0 aromatic carbocycles. The Bertz CT molecular complexity index is 284. The van der Waals surface area contributed by atoms with Gasteiger partial charge in [-0.3, -0.25) is 9.89 Å². The molecule has 0 atom stereocenters. The lowest BCUT2D eigenvalue weighted by Gasteiger charge is -2.02. The predicted octanol–water partition coefficient (Wildman–Crippen LogP) is -0.632. The molecular formula is C7H12N4O2. The summed E-state index contributed by atoms with van der Waals surface area (Å²) in [4.78, 5) is 11.3. The predicted molar refractivity (Wildman–Crippen MR) is 47.2 cm³/mol. The number of amides is 1. The monoisotopic (exact) mass is 184 g/mol. The number of hydrogen-bond acceptors (Lipinski definition) is 4. The van der Waals surface area contributed by atoms with E-state index in [0.29, 0.717) is 18.8 Å². The van der Waals surface area contributed by atoms with Crippen molar-refractivity contribution in [3.63, 3.8) is 0 Å². The molecule has 1 aromatic rings. The fraction of sp³-hybridized carbons (Fsp3) is 0.429. The molecule has 4 N–H and O–H groups in total. The number of H-pyrrole nitrogens is 1. The molecule has 1 heterocycles. The summed E-state index contributed by atoms with van der Waals surface area (Å²) in [6.45, 7) is 0.924. The lowest BCUT2D eigenvalue weighted by molar-refractivity contribution is 0.0933. The summed E-state index contributed by atoms with van der Waals surface area (Å²) < 4.78 is 4.77. The maximum atomic E-state index is 11.3. The van der Waals surface area contributed by atoms with E-state index in [0.717, 1.165) is 0 Å². The fourth-order valence-electron chi connectivity index (χ4n) is 0.832. The zero-order chi connectivity index (χ0) is 9.68. The van der Waals surface area contributed by atoms with Gasteiger partial charge >= 0.3 is 0 Å². The third-order valence-electron chi connectivity index (χ3n) is 1.49. The molecule has 13 heavy (non-hydrogen) atoms. The molecule has 0 saturated carbocycles. The third kappa shape index (κ3) is 2.45. The van der Waals surface area contributed by atoms with E-state index in [-0.39, 0.29) is 11.6 Å². The van der Waals surface area contributed by atoms with Crippen LogP contribution in [0, 0.1) is 0 Å². The molecule has 1 amide bonds. The highest BCUT2D eigenvalue weighted by atomic mass is 16.5. The number of aromatic amines is 1. The van der Waals surface area contributed by atoms with Gasteiger partial charge in [0.2, 0.25) is 0 Å². The zero-order valence-corrected chi connectivity index (χ0v) is 7.33. The summed E-state index contributed by atoms with van der Waals surface area (Å²) in [5.41, 5.74) is 6.09. The van der Waals surface area contributed by atoms with Gasteiger partial charge in [0.1, 0.15) is 5.69 Å². The standard InChI is InChI=1S/C7H12N4O2/c1-13-3-2-9-7(12)6-5(8)4-10-11-6/h4H,2-3,8H2,1H3,(H,9,12)(H,10,11). The minimum absolute atomic E-state index is 0.271. The van der Waals surface area contributed by atoms with Crippen LogP contribution in [-0.2, 0) is 4.74 Å². The summed E-state index contributed by atoms with van der Waals surface area (Å²) in [5, 5.41) is 8.74. The van der Waals surface area contributed by atoms with E-state index < -0.39 is 0 Å². The number of nitrogens with two attached hydrogens (primary N) is 1. The lowest BCUT2D eigenvalue weighted by Crippen LogP contribution is -2.27. The molecule has 0 spiro atoms. The van der Waals surface area contributed by atoms with Crippen molar-refractivity contribution in [1.29, 1.82) is 0 Å². The highest BCUT2D eigenvalue weighted by Gasteiger charge is 2.09. The van der Waals surface area contributed by atoms with Gasteiger partial charge in [0, 0.05) is 13.7 Å². The van der Waals surface area contributed by atoms with Crippen molar-refractivity contribution in [3.8, 4) is 0 Å². The lowest BCUT2D eigenvalue weighted by atomic mass is 10.3. The molecule has 0 saturated heterocycles. The number of nitrogen functional groups attached to an aromatic ring is 1. The van der Waals surface area contributed by atoms with Crippen molar-refractivity contribution in [3.05, 3.63) is 11.9 Å². The normalized spacial score (nSPS) is 9.92. The molecule has 6 heteroatoms. The van der Waals surface area contributed by atoms with E-state index in [4.69, 9.17) is 10.5 Å². The van der Waals surface area contributed by atoms with Gasteiger partial charge in [0.15, 0.2) is 0 Å². The Morgan fingerprint density at radius 3 is 3.15 bits per heavy atom. The van der Waals surface area contributed by atoms with Crippen LogP contribution in [0.3, 0.4) is 0 Å². The number of carbonyl (C=O) groups excluding carboxylic acids is 1. The summed E-state index contributed by atoms with van der Waals surface area (Å²) in [7, 11) is 1.57. The first-order valence-electron chi connectivity index (χ1n) is 3.81. The Kier molecular flexibility index (Phi) is 3.27. The molecule has 0 fully saturated rings. The van der Waals surface area contributed by atoms with Crippen LogP contribution in [0.1, 0.15) is 10.5 Å². The summed E-state index contributed by atoms with van der Waals surface area (Å²) in [5.74, 6) is -0.271. The maximum Gasteiger partial charge on any atom is 0.271 e. The Morgan fingerprint density at radius 1 is 1.85 bits per heavy atom. The van der Waals surface area contributed by atoms with Crippen molar-refractivity contribution in [2.45, 2.75) is 0 Å². The van der Waals surface area contributed by atoms with Gasteiger partial charge in [-0.15, -0.1) is 0 Å². The highest BCUT2D eigenvalue weighted by molar-refractivity contribution is 5.96. The second kappa shape index (κ2) is 4.46. The van der Waals surface area contributed by atoms with Crippen molar-refractivity contribution < 1.29 is 9.53 Å². The van der Waals surface area contributed by atoms with Gasteiger partial charge in [-0.2, -0.15) is 5.10 Å². The molecule has 6 nitrogen and oxygen atoms in total. The van der Waals surface area contributed by atoms with Gasteiger partial charge in [0.25, 0.3) is 5.91 Å². The van der Waals surface area contributed by atoms with E-state index in [1.54, 1.807) is 7.11 Å². The van der Waals surface area contributed by atoms with E-state index in [2.05, 4.69) is 15.5 Å². The van der Waals surface area contributed by atoms with Crippen LogP contribution in [0.2, 0.25) is 0 Å². The zero-order valence-electron chi connectivity index (χ0n) is 7.33. The minimum Gasteiger partial charge on any atom is -0.396 e. The van der Waals surface area contributed by atoms with Crippen LogP contribution in [-0.4, -0.2) is 36.4 Å². The second-order valence-electron chi connectivity index (χ2n) is 2.45. The molecule has 0 radical (unpaired) electrons. The smallest absolute Gasteiger partial charge is 0.271 e. The Labute approximate surface area is 75.5 Å². The molecule has 1 rings (SSSR count). The fourth-order valence-corrected chi connectivity index (χ4v) is 0.832. The van der Waals surface area contributed by atoms with E-state index >= 15 is 0 Å². The van der Waals surface area contributed by atoms with Crippen LogP contribution in [0.5, 0.6) is 0 Å². The van der Waals surface area contributed by atoms with Gasteiger partial charge in [-0.25, -0.2) is 0 Å². The van der Waals surface area contributed by atoms with Gasteiger partial charge in [-0.05, 0) is 0 Å². The number of nitrogens with zero attached hydrogens (tertiary/aromatic N) is 1. The number of ether oxygens (including phenoxy) is 1. The van der Waals surface area contributed by atoms with Crippen LogP contribution in [0.25, 0.3) is 0 Å². The molecule has 0 unspecified atom stereocenters. The quantitative estimate of drug-likeness (QED) is 0.543. The number of carbonyl (C=O) groups is 1. The maximum absolute atomic E-state index is 11.3. The molecular weight excluding hydrogens is 172 g/mol. The van der Waals surface area contributed by atoms with Crippen molar-refractivity contribution in [2.24, 2.45) is 0 Å². The van der Waals surface area contributed by atoms with Crippen LogP contribution >= 0.6 is 0 Å². The summed E-state index contributed by atoms with van der Waals surface area (Å²) in [6.07, 6.45) is 1.39. The number of rotatable bonds is 4. The molecule has 1 aromatic heterocycles. The van der Waals surface area contributed by atoms with E-state index in [1.165, 1.54) is 6.20 Å². The minimum atomic E-state index is -0.271. The number of aromatic nitrogens is 2. The topological polar surface area (TPSA) is 93.0 Å². The molecule has 72 valence electrons. The number of hydrogen-bond donors (Lipinski definition) is 3. The number of anilines is 1. The number of nitrogens with one attached hydrogen (secondary N) is 2. The van der Waals surface area contributed by atoms with Crippen LogP contribution in [0.4, 0.5) is 5.69 Å². The van der Waals surface area contributed by atoms with E-state index in [1.807, 2.05) is 0 Å². The Balaban J connectivity index is 2.45. The number of methoxy groups -OCH3 is 1. The third-order valence-corrected chi connectivity index (χ3v) is 1.49. The second-order valence-corrected chi connectivity index (χ2v) is 2.45. The van der Waals surface area contributed by atoms with Gasteiger partial charge in [0.05, 0.1) is 18.5 Å². The average Bonchev–Trinajstić information content (AvgIpc) is 2.52. The van der Waals surface area contributed by atoms with Crippen molar-refractivity contribution in [1.82, 2.24) is 15.5 Å². The molecule has 0 aliphatic heterocycles. The molecule has 0 aliphatic carbocycles. The summed E-state index contributed by atoms with van der Waals surface area (Å²) in [6, 6.07) is 0.